The van der Waals surface area contributed by atoms with Crippen LogP contribution in [0.4, 0.5) is 0 Å². The van der Waals surface area contributed by atoms with Crippen molar-refractivity contribution in [2.45, 2.75) is 251 Å². The van der Waals surface area contributed by atoms with E-state index in [4.69, 9.17) is 47.4 Å². The van der Waals surface area contributed by atoms with Crippen molar-refractivity contribution in [3.05, 3.63) is 39.5 Å². The number of nitrogens with zero attached hydrogens (tertiary/aromatic N) is 2. The molecule has 4 N–H and O–H groups in total. The number of ketones is 1. The summed E-state index contributed by atoms with van der Waals surface area (Å²) in [6.45, 7) is 23.3. The van der Waals surface area contributed by atoms with Crippen LogP contribution in [0.3, 0.4) is 0 Å². The van der Waals surface area contributed by atoms with Crippen LogP contribution >= 0.6 is 0 Å². The average Bonchev–Trinajstić information content (AvgIpc) is 2.82. The summed E-state index contributed by atoms with van der Waals surface area (Å²) < 4.78 is 61.7. The smallest absolute Gasteiger partial charge is 0.339 e. The molecular weight excluding hydrogens is 1080 g/mol. The molecule has 0 spiro atoms. The average molecular weight is 1180 g/mol. The third-order valence-electron chi connectivity index (χ3n) is 17.9. The second-order valence-corrected chi connectivity index (χ2v) is 24.9. The number of cyclic esters (lactones) is 2. The molecule has 4 aliphatic rings. The summed E-state index contributed by atoms with van der Waals surface area (Å²) in [5.74, 6) is -4.55. The number of hydrogen-bond donors (Lipinski definition) is 4. The standard InChI is InChI=1S/C62H100N2O19/c1-19-46-62(13,73)54(68)39(9)64(16)31-34(4)29-60(11,72)56(37(7)51(38(8)57(70)80-46)82-49-30-61(12,75-18)55(69)40(10)79-49)83-59-53(45(63(14)15)27-35(5)78-59)81-48(67)26-23-41(65)28-43-42(24-21-33(3)22-25-47(66)76-20-2)52(74-17)36(6)44-32-77-58(71)50(43)44/h21,34-35,37-40,45-46,49,51,53-56,59,68-69,72-73H,19-20,22-32H2,1-18H3/t34-,35-,37+,38-,39-,40+,45?,46-,49+,51+,53-,54-,55+,56-,59+,60-,61-,62-/m1/s1. The molecule has 0 bridgehead atoms. The summed E-state index contributed by atoms with van der Waals surface area (Å²) in [6.07, 6.45) is -7.95. The molecule has 3 fully saturated rings. The molecule has 83 heavy (non-hydrogen) atoms. The number of benzene rings is 1. The molecule has 472 valence electrons. The van der Waals surface area contributed by atoms with E-state index < -0.39 is 120 Å². The molecule has 3 saturated heterocycles. The minimum atomic E-state index is -1.89. The van der Waals surface area contributed by atoms with Gasteiger partial charge in [-0.15, -0.1) is 0 Å². The van der Waals surface area contributed by atoms with E-state index >= 15 is 0 Å². The van der Waals surface area contributed by atoms with Crippen molar-refractivity contribution < 1.29 is 91.8 Å². The number of allylic oxidation sites excluding steroid dienone is 2. The number of carbonyl (C=O) groups excluding carboxylic acids is 5. The molecule has 4 heterocycles. The Morgan fingerprint density at radius 2 is 1.53 bits per heavy atom. The van der Waals surface area contributed by atoms with Crippen LogP contribution in [0, 0.1) is 24.7 Å². The Kier molecular flexibility index (Phi) is 24.8. The van der Waals surface area contributed by atoms with Crippen molar-refractivity contribution in [1.82, 2.24) is 9.80 Å². The lowest BCUT2D eigenvalue weighted by molar-refractivity contribution is -0.319. The largest absolute Gasteiger partial charge is 0.496 e. The van der Waals surface area contributed by atoms with E-state index in [-0.39, 0.29) is 82.3 Å². The zero-order valence-corrected chi connectivity index (χ0v) is 52.7. The number of fused-ring (bicyclic) bond motifs is 1. The van der Waals surface area contributed by atoms with Crippen LogP contribution in [-0.2, 0) is 81.3 Å². The van der Waals surface area contributed by atoms with Crippen LogP contribution in [-0.4, -0.2) is 199 Å². The van der Waals surface area contributed by atoms with E-state index in [0.29, 0.717) is 53.0 Å². The highest BCUT2D eigenvalue weighted by molar-refractivity contribution is 5.98. The van der Waals surface area contributed by atoms with Crippen LogP contribution in [0.15, 0.2) is 11.6 Å². The van der Waals surface area contributed by atoms with Gasteiger partial charge in [0, 0.05) is 62.4 Å². The Labute approximate surface area is 492 Å². The van der Waals surface area contributed by atoms with Crippen LogP contribution in [0.1, 0.15) is 167 Å². The molecule has 4 aliphatic heterocycles. The number of Topliss-reactive ketones (excluding diaryl/α,β-unsaturated/α-hetero) is 1. The van der Waals surface area contributed by atoms with Crippen molar-refractivity contribution in [2.75, 3.05) is 48.5 Å². The summed E-state index contributed by atoms with van der Waals surface area (Å²) in [6, 6.07) is -1.13. The quantitative estimate of drug-likeness (QED) is 0.0676. The number of rotatable bonds is 20. The molecule has 0 saturated carbocycles. The van der Waals surface area contributed by atoms with Gasteiger partial charge >= 0.3 is 23.9 Å². The fourth-order valence-corrected chi connectivity index (χ4v) is 12.8. The number of carbonyl (C=O) groups is 5. The van der Waals surface area contributed by atoms with Gasteiger partial charge in [-0.25, -0.2) is 4.79 Å². The van der Waals surface area contributed by atoms with Gasteiger partial charge in [0.2, 0.25) is 0 Å². The van der Waals surface area contributed by atoms with Crippen molar-refractivity contribution in [3.8, 4) is 5.75 Å². The minimum Gasteiger partial charge on any atom is -0.496 e. The molecule has 18 atom stereocenters. The molecule has 21 heteroatoms. The van der Waals surface area contributed by atoms with Crippen molar-refractivity contribution >= 4 is 29.7 Å². The SMILES string of the molecule is CCOC(=O)CCC(C)=CCc1c(CC(=O)CCC(=O)O[C@@H]2C(N(C)C)C[C@@H](C)O[C@H]2O[C@@H]2[C@@H](C)[C@H](O[C@H]3C[C@@](C)(OC)[C@@H](O)[C@H](C)O3)[C@@H](C)C(=O)O[C@H](CC)[C@@](C)(O)[C@H](O)[C@@H](C)N(C)C[C@H](C)C[C@@]2(C)O)c2c(c(C)c1OC)COC2=O. The first-order valence-corrected chi connectivity index (χ1v) is 29.7. The lowest BCUT2D eigenvalue weighted by Gasteiger charge is -2.49. The first kappa shape index (κ1) is 69.6. The van der Waals surface area contributed by atoms with Crippen LogP contribution in [0.5, 0.6) is 5.75 Å². The Hall–Kier alpha value is -4.13. The normalized spacial score (nSPS) is 36.1. The summed E-state index contributed by atoms with van der Waals surface area (Å²) in [5, 5.41) is 48.0. The van der Waals surface area contributed by atoms with E-state index in [0.717, 1.165) is 5.57 Å². The van der Waals surface area contributed by atoms with Gasteiger partial charge in [0.25, 0.3) is 0 Å². The monoisotopic (exact) mass is 1180 g/mol. The maximum atomic E-state index is 14.7. The molecule has 1 aromatic rings. The first-order chi connectivity index (χ1) is 38.8. The Morgan fingerprint density at radius 1 is 0.867 bits per heavy atom. The molecule has 0 aromatic heterocycles. The second kappa shape index (κ2) is 29.5. The van der Waals surface area contributed by atoms with Crippen molar-refractivity contribution in [2.24, 2.45) is 17.8 Å². The summed E-state index contributed by atoms with van der Waals surface area (Å²) in [7, 11) is 8.49. The highest BCUT2D eigenvalue weighted by Crippen LogP contribution is 2.42. The third kappa shape index (κ3) is 16.7. The fourth-order valence-electron chi connectivity index (χ4n) is 12.8. The van der Waals surface area contributed by atoms with E-state index in [1.54, 1.807) is 62.4 Å². The van der Waals surface area contributed by atoms with Gasteiger partial charge in [0.1, 0.15) is 42.1 Å². The van der Waals surface area contributed by atoms with Crippen molar-refractivity contribution in [1.29, 1.82) is 0 Å². The number of aliphatic hydroxyl groups is 4. The highest BCUT2D eigenvalue weighted by Gasteiger charge is 2.53. The van der Waals surface area contributed by atoms with Gasteiger partial charge in [0.05, 0.1) is 73.3 Å². The number of ether oxygens (including phenoxy) is 10. The lowest BCUT2D eigenvalue weighted by atomic mass is 9.77. The third-order valence-corrected chi connectivity index (χ3v) is 17.9. The minimum absolute atomic E-state index is 0.0164. The number of hydrogen-bond acceptors (Lipinski definition) is 21. The Bertz CT molecular complexity index is 2430. The van der Waals surface area contributed by atoms with E-state index in [1.807, 2.05) is 57.7 Å². The number of methoxy groups -OCH3 is 2. The molecule has 1 unspecified atom stereocenters. The fraction of sp³-hybridized carbons (Fsp3) is 0.790. The number of aliphatic hydroxyl groups excluding tert-OH is 2. The second-order valence-electron chi connectivity index (χ2n) is 24.9. The maximum Gasteiger partial charge on any atom is 0.339 e. The van der Waals surface area contributed by atoms with Gasteiger partial charge < -0.3 is 77.6 Å². The first-order valence-electron chi connectivity index (χ1n) is 29.7. The zero-order chi connectivity index (χ0) is 62.2. The molecule has 0 aliphatic carbocycles. The van der Waals surface area contributed by atoms with Gasteiger partial charge in [-0.05, 0) is 140 Å². The van der Waals surface area contributed by atoms with Crippen LogP contribution < -0.4 is 4.74 Å². The van der Waals surface area contributed by atoms with Gasteiger partial charge in [0.15, 0.2) is 18.7 Å². The number of esters is 4. The molecule has 1 aromatic carbocycles. The predicted molar refractivity (Wildman–Crippen MR) is 306 cm³/mol. The van der Waals surface area contributed by atoms with Crippen LogP contribution in [0.25, 0.3) is 0 Å². The Balaban J connectivity index is 1.51. The molecule has 21 nitrogen and oxygen atoms in total. The van der Waals surface area contributed by atoms with E-state index in [2.05, 4.69) is 0 Å². The van der Waals surface area contributed by atoms with Gasteiger partial charge in [-0.1, -0.05) is 32.4 Å². The summed E-state index contributed by atoms with van der Waals surface area (Å²) in [5.41, 5.74) is -1.16. The van der Waals surface area contributed by atoms with Crippen LogP contribution in [0.2, 0.25) is 0 Å². The van der Waals surface area contributed by atoms with Gasteiger partial charge in [-0.2, -0.15) is 0 Å². The topological polar surface area (TPSA) is 265 Å². The van der Waals surface area contributed by atoms with Gasteiger partial charge in [-0.3, -0.25) is 19.2 Å². The maximum absolute atomic E-state index is 14.7. The molecule has 0 radical (unpaired) electrons. The van der Waals surface area contributed by atoms with E-state index in [1.165, 1.54) is 21.1 Å². The highest BCUT2D eigenvalue weighted by atomic mass is 16.7. The summed E-state index contributed by atoms with van der Waals surface area (Å²) >= 11 is 0. The molecule has 5 rings (SSSR count). The Morgan fingerprint density at radius 3 is 2.14 bits per heavy atom. The molecular formula is C62H100N2O19. The lowest BCUT2D eigenvalue weighted by Crippen LogP contribution is -2.61. The molecule has 0 amide bonds. The summed E-state index contributed by atoms with van der Waals surface area (Å²) in [4.78, 5) is 72.5. The van der Waals surface area contributed by atoms with Crippen molar-refractivity contribution in [3.63, 3.8) is 0 Å². The van der Waals surface area contributed by atoms with E-state index in [9.17, 15) is 44.4 Å². The number of likely N-dealkylation sites (N-methyl/N-ethyl adjacent to an activating group) is 2. The zero-order valence-electron chi connectivity index (χ0n) is 52.7. The predicted octanol–water partition coefficient (Wildman–Crippen LogP) is 5.86.